The Labute approximate surface area is 261 Å². The highest BCUT2D eigenvalue weighted by Crippen LogP contribution is 2.39. The van der Waals surface area contributed by atoms with Crippen molar-refractivity contribution in [3.63, 3.8) is 0 Å². The smallest absolute Gasteiger partial charge is 0.275 e. The number of nitrogens with zero attached hydrogens (tertiary/aromatic N) is 9. The minimum absolute atomic E-state index is 0.151. The average Bonchev–Trinajstić information content (AvgIpc) is 3.63. The van der Waals surface area contributed by atoms with Gasteiger partial charge in [-0.3, -0.25) is 4.57 Å². The summed E-state index contributed by atoms with van der Waals surface area (Å²) in [5, 5.41) is 16.1. The number of aromatic nitrogens is 8. The summed E-state index contributed by atoms with van der Waals surface area (Å²) in [6.07, 6.45) is 3.24. The maximum absolute atomic E-state index is 7.78. The lowest BCUT2D eigenvalue weighted by Gasteiger charge is -2.25. The lowest BCUT2D eigenvalue weighted by molar-refractivity contribution is -0.0309. The molecule has 0 aliphatic carbocycles. The number of nitrogens with one attached hydrogen (secondary N) is 1. The summed E-state index contributed by atoms with van der Waals surface area (Å²) in [4.78, 5) is 19.9. The van der Waals surface area contributed by atoms with Gasteiger partial charge in [0.15, 0.2) is 11.4 Å². The Morgan fingerprint density at radius 3 is 2.62 bits per heavy atom. The minimum atomic E-state index is -0.641. The van der Waals surface area contributed by atoms with Gasteiger partial charge in [-0.1, -0.05) is 18.7 Å². The zero-order valence-electron chi connectivity index (χ0n) is 26.3. The molecule has 0 saturated carbocycles. The second-order valence-electron chi connectivity index (χ2n) is 11.5. The Balaban J connectivity index is 1.46. The molecule has 0 radical (unpaired) electrons. The van der Waals surface area contributed by atoms with E-state index in [1.54, 1.807) is 21.3 Å². The van der Waals surface area contributed by atoms with Gasteiger partial charge in [0.05, 0.1) is 48.8 Å². The molecule has 232 valence electrons. The maximum atomic E-state index is 7.78. The number of fused-ring (bicyclic) bond motifs is 1. The summed E-state index contributed by atoms with van der Waals surface area (Å²) >= 11 is 0. The number of methoxy groups -OCH3 is 2. The monoisotopic (exact) mass is 608 g/mol. The van der Waals surface area contributed by atoms with Crippen LogP contribution in [0.4, 0.5) is 17.2 Å². The molecule has 0 bridgehead atoms. The van der Waals surface area contributed by atoms with Gasteiger partial charge in [0.1, 0.15) is 23.3 Å². The van der Waals surface area contributed by atoms with Crippen LogP contribution < -0.4 is 10.1 Å². The van der Waals surface area contributed by atoms with Gasteiger partial charge in [-0.15, -0.1) is 15.2 Å². The van der Waals surface area contributed by atoms with Crippen LogP contribution in [0, 0.1) is 13.5 Å². The average molecular weight is 609 g/mol. The lowest BCUT2D eigenvalue weighted by atomic mass is 9.98. The van der Waals surface area contributed by atoms with Crippen molar-refractivity contribution in [2.45, 2.75) is 58.3 Å². The summed E-state index contributed by atoms with van der Waals surface area (Å²) in [6.45, 7) is 14.3. The Morgan fingerprint density at radius 1 is 1.09 bits per heavy atom. The Morgan fingerprint density at radius 2 is 1.93 bits per heavy atom. The van der Waals surface area contributed by atoms with Crippen molar-refractivity contribution in [2.24, 2.45) is 7.05 Å². The van der Waals surface area contributed by atoms with Crippen molar-refractivity contribution >= 4 is 28.4 Å². The first-order chi connectivity index (χ1) is 21.7. The molecule has 1 atom stereocenters. The maximum Gasteiger partial charge on any atom is 0.275 e. The number of rotatable bonds is 9. The van der Waals surface area contributed by atoms with Crippen LogP contribution in [0.25, 0.3) is 27.4 Å². The number of para-hydroxylation sites is 1. The SMILES string of the molecule is [C-]#[N+]c1nc(Cc2cc(Nc3cccc(-c4nnn(C)n4)c3OC)c3nc(C)n(C4CCCCO4)c3n2)ccc1C(C)(C)OC. The number of anilines is 2. The molecule has 4 aromatic heterocycles. The number of ether oxygens (including phenoxy) is 3. The molecule has 13 nitrogen and oxygen atoms in total. The van der Waals surface area contributed by atoms with E-state index in [1.165, 1.54) is 4.80 Å². The third-order valence-electron chi connectivity index (χ3n) is 8.12. The number of hydrogen-bond donors (Lipinski definition) is 1. The first kappa shape index (κ1) is 30.1. The van der Waals surface area contributed by atoms with Crippen LogP contribution >= 0.6 is 0 Å². The van der Waals surface area contributed by atoms with Crippen molar-refractivity contribution < 1.29 is 14.2 Å². The summed E-state index contributed by atoms with van der Waals surface area (Å²) in [7, 11) is 4.96. The highest BCUT2D eigenvalue weighted by molar-refractivity contribution is 5.90. The van der Waals surface area contributed by atoms with Crippen molar-refractivity contribution in [3.05, 3.63) is 70.6 Å². The van der Waals surface area contributed by atoms with Gasteiger partial charge >= 0.3 is 0 Å². The van der Waals surface area contributed by atoms with Gasteiger partial charge < -0.3 is 24.4 Å². The predicted octanol–water partition coefficient (Wildman–Crippen LogP) is 5.80. The number of pyridine rings is 2. The van der Waals surface area contributed by atoms with Crippen LogP contribution in [0.1, 0.15) is 62.1 Å². The van der Waals surface area contributed by atoms with E-state index in [0.29, 0.717) is 52.8 Å². The van der Waals surface area contributed by atoms with Crippen LogP contribution in [-0.4, -0.2) is 60.6 Å². The molecule has 6 rings (SSSR count). The quantitative estimate of drug-likeness (QED) is 0.205. The number of imidazole rings is 1. The molecule has 1 aliphatic heterocycles. The molecule has 1 N–H and O–H groups in total. The fourth-order valence-corrected chi connectivity index (χ4v) is 5.69. The van der Waals surface area contributed by atoms with Gasteiger partial charge in [-0.25, -0.2) is 9.97 Å². The third-order valence-corrected chi connectivity index (χ3v) is 8.12. The van der Waals surface area contributed by atoms with E-state index in [0.717, 1.165) is 47.7 Å². The molecule has 5 heterocycles. The van der Waals surface area contributed by atoms with Gasteiger partial charge in [-0.2, -0.15) is 4.80 Å². The molecule has 1 aliphatic rings. The Kier molecular flexibility index (Phi) is 8.18. The van der Waals surface area contributed by atoms with E-state index >= 15 is 0 Å². The first-order valence-corrected chi connectivity index (χ1v) is 14.8. The Bertz CT molecular complexity index is 1900. The summed E-state index contributed by atoms with van der Waals surface area (Å²) in [6, 6.07) is 11.5. The lowest BCUT2D eigenvalue weighted by Crippen LogP contribution is -2.20. The summed E-state index contributed by atoms with van der Waals surface area (Å²) < 4.78 is 19.8. The topological polar surface area (TPSA) is 131 Å². The molecule has 13 heteroatoms. The van der Waals surface area contributed by atoms with Crippen LogP contribution in [-0.2, 0) is 28.5 Å². The zero-order chi connectivity index (χ0) is 31.7. The fraction of sp³-hybridized carbons (Fsp3) is 0.406. The predicted molar refractivity (Wildman–Crippen MR) is 169 cm³/mol. The molecule has 1 unspecified atom stereocenters. The van der Waals surface area contributed by atoms with Crippen LogP contribution in [0.3, 0.4) is 0 Å². The highest BCUT2D eigenvalue weighted by Gasteiger charge is 2.27. The number of benzene rings is 1. The van der Waals surface area contributed by atoms with E-state index in [9.17, 15) is 0 Å². The second kappa shape index (κ2) is 12.2. The molecule has 1 aromatic carbocycles. The van der Waals surface area contributed by atoms with Crippen LogP contribution in [0.5, 0.6) is 5.75 Å². The van der Waals surface area contributed by atoms with E-state index in [2.05, 4.69) is 30.1 Å². The molecule has 1 saturated heterocycles. The van der Waals surface area contributed by atoms with Gasteiger partial charge in [0.25, 0.3) is 5.82 Å². The zero-order valence-corrected chi connectivity index (χ0v) is 26.3. The number of aryl methyl sites for hydroxylation is 2. The van der Waals surface area contributed by atoms with Gasteiger partial charge in [0, 0.05) is 19.3 Å². The van der Waals surface area contributed by atoms with Crippen molar-refractivity contribution in [2.75, 3.05) is 26.1 Å². The number of tetrazole rings is 1. The van der Waals surface area contributed by atoms with Crippen molar-refractivity contribution in [1.29, 1.82) is 0 Å². The van der Waals surface area contributed by atoms with Gasteiger partial charge in [-0.05, 0) is 69.5 Å². The van der Waals surface area contributed by atoms with Crippen LogP contribution in [0.15, 0.2) is 36.4 Å². The molecule has 0 amide bonds. The normalized spacial score (nSPS) is 15.3. The van der Waals surface area contributed by atoms with E-state index in [1.807, 2.05) is 57.2 Å². The van der Waals surface area contributed by atoms with Crippen LogP contribution in [0.2, 0.25) is 0 Å². The van der Waals surface area contributed by atoms with E-state index in [4.69, 9.17) is 35.7 Å². The fourth-order valence-electron chi connectivity index (χ4n) is 5.69. The molecule has 1 fully saturated rings. The third kappa shape index (κ3) is 5.82. The largest absolute Gasteiger partial charge is 0.494 e. The number of hydrogen-bond acceptors (Lipinski definition) is 10. The Hall–Kier alpha value is -4.93. The van der Waals surface area contributed by atoms with E-state index in [-0.39, 0.29) is 6.23 Å². The molecular formula is C32H36N10O3. The first-order valence-electron chi connectivity index (χ1n) is 14.8. The summed E-state index contributed by atoms with van der Waals surface area (Å²) in [5.74, 6) is 2.15. The highest BCUT2D eigenvalue weighted by atomic mass is 16.5. The van der Waals surface area contributed by atoms with Gasteiger partial charge in [0.2, 0.25) is 5.82 Å². The standard InChI is InChI=1S/C32H36N10O3/c1-19-34-27-25(37-24-12-10-11-22(28(24)43-6)29-38-40-41(5)39-29)18-21(36-31(27)42(19)26-13-8-9-16-45-26)17-20-14-15-23(30(33-4)35-20)32(2,3)44-7/h10-12,14-15,18,26H,8-9,13,16-17H2,1-3,5-7H3,(H,36,37). The minimum Gasteiger partial charge on any atom is -0.494 e. The van der Waals surface area contributed by atoms with Crippen molar-refractivity contribution in [1.82, 2.24) is 39.7 Å². The van der Waals surface area contributed by atoms with E-state index < -0.39 is 5.60 Å². The molecule has 45 heavy (non-hydrogen) atoms. The molecule has 5 aromatic rings. The summed E-state index contributed by atoms with van der Waals surface area (Å²) in [5.41, 5.74) is 5.16. The van der Waals surface area contributed by atoms with Crippen molar-refractivity contribution in [3.8, 4) is 17.1 Å². The molecule has 0 spiro atoms. The second-order valence-corrected chi connectivity index (χ2v) is 11.5. The molecular weight excluding hydrogens is 572 g/mol.